The molecule has 0 aliphatic rings. The summed E-state index contributed by atoms with van der Waals surface area (Å²) < 4.78 is 4.52. The van der Waals surface area contributed by atoms with Crippen LogP contribution in [0.4, 0.5) is 0 Å². The van der Waals surface area contributed by atoms with Gasteiger partial charge in [-0.15, -0.1) is 0 Å². The summed E-state index contributed by atoms with van der Waals surface area (Å²) in [6, 6.07) is 0. The van der Waals surface area contributed by atoms with Crippen LogP contribution in [0.15, 0.2) is 0 Å². The smallest absolute Gasteiger partial charge is 0.0762 e. The Labute approximate surface area is 56.2 Å². The minimum atomic E-state index is 0.219. The van der Waals surface area contributed by atoms with Gasteiger partial charge in [0.25, 0.3) is 0 Å². The van der Waals surface area contributed by atoms with Gasteiger partial charge in [-0.3, -0.25) is 4.29 Å². The second kappa shape index (κ2) is 5.39. The van der Waals surface area contributed by atoms with Crippen molar-refractivity contribution in [1.29, 1.82) is 0 Å². The van der Waals surface area contributed by atoms with Gasteiger partial charge in [0.1, 0.15) is 0 Å². The SMILES string of the molecule is CCCCC(C)OCl. The quantitative estimate of drug-likeness (QED) is 0.578. The lowest BCUT2D eigenvalue weighted by Crippen LogP contribution is -1.99. The summed E-state index contributed by atoms with van der Waals surface area (Å²) >= 11 is 5.09. The first kappa shape index (κ1) is 8.25. The highest BCUT2D eigenvalue weighted by atomic mass is 35.5. The molecule has 0 aromatic carbocycles. The molecular formula is C6H13ClO. The Morgan fingerprint density at radius 2 is 2.25 bits per heavy atom. The van der Waals surface area contributed by atoms with Gasteiger partial charge in [-0.2, -0.15) is 0 Å². The zero-order valence-corrected chi connectivity index (χ0v) is 6.24. The molecule has 0 saturated carbocycles. The first-order valence-electron chi connectivity index (χ1n) is 3.08. The summed E-state index contributed by atoms with van der Waals surface area (Å²) in [4.78, 5) is 0. The fourth-order valence-corrected chi connectivity index (χ4v) is 0.625. The van der Waals surface area contributed by atoms with Crippen LogP contribution in [0.5, 0.6) is 0 Å². The number of unbranched alkanes of at least 4 members (excludes halogenated alkanes) is 1. The van der Waals surface area contributed by atoms with E-state index in [1.165, 1.54) is 12.8 Å². The molecule has 0 aromatic rings. The molecule has 0 rings (SSSR count). The van der Waals surface area contributed by atoms with Crippen LogP contribution in [0.2, 0.25) is 0 Å². The average Bonchev–Trinajstić information content (AvgIpc) is 1.83. The normalized spacial score (nSPS) is 13.9. The Morgan fingerprint density at radius 1 is 1.62 bits per heavy atom. The van der Waals surface area contributed by atoms with Crippen LogP contribution < -0.4 is 0 Å². The first-order chi connectivity index (χ1) is 3.81. The lowest BCUT2D eigenvalue weighted by Gasteiger charge is -2.03. The second-order valence-corrected chi connectivity index (χ2v) is 2.22. The van der Waals surface area contributed by atoms with E-state index in [-0.39, 0.29) is 6.10 Å². The van der Waals surface area contributed by atoms with Crippen LogP contribution in [0.1, 0.15) is 33.1 Å². The Hall–Kier alpha value is 0.250. The van der Waals surface area contributed by atoms with Crippen LogP contribution in [0.25, 0.3) is 0 Å². The van der Waals surface area contributed by atoms with Crippen molar-refractivity contribution < 1.29 is 4.29 Å². The number of halogens is 1. The monoisotopic (exact) mass is 136 g/mol. The third kappa shape index (κ3) is 4.41. The zero-order valence-electron chi connectivity index (χ0n) is 5.48. The number of hydrogen-bond acceptors (Lipinski definition) is 1. The van der Waals surface area contributed by atoms with Gasteiger partial charge in [-0.05, 0) is 13.3 Å². The fourth-order valence-electron chi connectivity index (χ4n) is 0.536. The Balaban J connectivity index is 2.86. The van der Waals surface area contributed by atoms with E-state index in [1.807, 2.05) is 6.92 Å². The molecule has 0 aromatic heterocycles. The van der Waals surface area contributed by atoms with E-state index in [4.69, 9.17) is 11.9 Å². The average molecular weight is 137 g/mol. The van der Waals surface area contributed by atoms with E-state index in [2.05, 4.69) is 11.2 Å². The third-order valence-corrected chi connectivity index (χ3v) is 1.42. The van der Waals surface area contributed by atoms with E-state index < -0.39 is 0 Å². The highest BCUT2D eigenvalue weighted by Crippen LogP contribution is 2.04. The maximum absolute atomic E-state index is 5.09. The molecule has 1 atom stereocenters. The molecule has 0 aliphatic carbocycles. The van der Waals surface area contributed by atoms with Crippen molar-refractivity contribution in [2.75, 3.05) is 0 Å². The summed E-state index contributed by atoms with van der Waals surface area (Å²) in [6.45, 7) is 4.13. The molecule has 0 aliphatic heterocycles. The first-order valence-corrected chi connectivity index (χ1v) is 3.39. The van der Waals surface area contributed by atoms with Gasteiger partial charge in [0, 0.05) is 0 Å². The predicted octanol–water partition coefficient (Wildman–Crippen LogP) is 2.74. The van der Waals surface area contributed by atoms with Crippen LogP contribution in [0, 0.1) is 0 Å². The van der Waals surface area contributed by atoms with Crippen molar-refractivity contribution in [1.82, 2.24) is 0 Å². The van der Waals surface area contributed by atoms with Crippen molar-refractivity contribution in [2.45, 2.75) is 39.2 Å². The Kier molecular flexibility index (Phi) is 5.56. The highest BCUT2D eigenvalue weighted by Gasteiger charge is 1.97. The number of hydrogen-bond donors (Lipinski definition) is 0. The van der Waals surface area contributed by atoms with Gasteiger partial charge in [0.05, 0.1) is 18.0 Å². The Bertz CT molecular complexity index is 47.8. The second-order valence-electron chi connectivity index (χ2n) is 2.04. The van der Waals surface area contributed by atoms with Crippen molar-refractivity contribution in [3.63, 3.8) is 0 Å². The molecule has 0 saturated heterocycles. The molecule has 8 heavy (non-hydrogen) atoms. The lowest BCUT2D eigenvalue weighted by molar-refractivity contribution is 0.229. The van der Waals surface area contributed by atoms with Gasteiger partial charge in [-0.25, -0.2) is 0 Å². The molecule has 0 amide bonds. The standard InChI is InChI=1S/C6H13ClO/c1-3-4-5-6(2)8-7/h6H,3-5H2,1-2H3. The van der Waals surface area contributed by atoms with E-state index in [9.17, 15) is 0 Å². The minimum Gasteiger partial charge on any atom is -0.276 e. The van der Waals surface area contributed by atoms with Gasteiger partial charge >= 0.3 is 0 Å². The molecule has 1 unspecified atom stereocenters. The van der Waals surface area contributed by atoms with Gasteiger partial charge in [-0.1, -0.05) is 19.8 Å². The zero-order chi connectivity index (χ0) is 6.41. The van der Waals surface area contributed by atoms with Crippen LogP contribution in [-0.4, -0.2) is 6.10 Å². The van der Waals surface area contributed by atoms with E-state index >= 15 is 0 Å². The van der Waals surface area contributed by atoms with E-state index in [0.29, 0.717) is 0 Å². The van der Waals surface area contributed by atoms with Gasteiger partial charge in [0.15, 0.2) is 0 Å². The predicted molar refractivity (Wildman–Crippen MR) is 35.9 cm³/mol. The molecule has 0 N–H and O–H groups in total. The lowest BCUT2D eigenvalue weighted by atomic mass is 10.2. The molecule has 0 spiro atoms. The molecule has 0 heterocycles. The van der Waals surface area contributed by atoms with E-state index in [0.717, 1.165) is 6.42 Å². The summed E-state index contributed by atoms with van der Waals surface area (Å²) in [5.74, 6) is 0. The molecule has 1 nitrogen and oxygen atoms in total. The molecule has 2 heteroatoms. The molecule has 0 radical (unpaired) electrons. The van der Waals surface area contributed by atoms with Crippen molar-refractivity contribution in [3.8, 4) is 0 Å². The Morgan fingerprint density at radius 3 is 2.62 bits per heavy atom. The van der Waals surface area contributed by atoms with Crippen molar-refractivity contribution in [3.05, 3.63) is 0 Å². The highest BCUT2D eigenvalue weighted by molar-refractivity contribution is 6.07. The van der Waals surface area contributed by atoms with Gasteiger partial charge in [0.2, 0.25) is 0 Å². The fraction of sp³-hybridized carbons (Fsp3) is 1.00. The summed E-state index contributed by atoms with van der Waals surface area (Å²) in [7, 11) is 0. The molecule has 50 valence electrons. The van der Waals surface area contributed by atoms with Crippen LogP contribution >= 0.6 is 11.9 Å². The largest absolute Gasteiger partial charge is 0.276 e. The maximum Gasteiger partial charge on any atom is 0.0762 e. The molecular weight excluding hydrogens is 124 g/mol. The van der Waals surface area contributed by atoms with Gasteiger partial charge < -0.3 is 0 Å². The summed E-state index contributed by atoms with van der Waals surface area (Å²) in [5.41, 5.74) is 0. The number of rotatable bonds is 4. The van der Waals surface area contributed by atoms with E-state index in [1.54, 1.807) is 0 Å². The topological polar surface area (TPSA) is 9.23 Å². The molecule has 0 fully saturated rings. The van der Waals surface area contributed by atoms with Crippen molar-refractivity contribution >= 4 is 11.9 Å². The third-order valence-electron chi connectivity index (χ3n) is 1.12. The summed E-state index contributed by atoms with van der Waals surface area (Å²) in [6.07, 6.45) is 3.70. The molecule has 0 bridgehead atoms. The minimum absolute atomic E-state index is 0.219. The maximum atomic E-state index is 5.09. The van der Waals surface area contributed by atoms with Crippen LogP contribution in [0.3, 0.4) is 0 Å². The summed E-state index contributed by atoms with van der Waals surface area (Å²) in [5, 5.41) is 0. The van der Waals surface area contributed by atoms with Crippen LogP contribution in [-0.2, 0) is 4.29 Å². The van der Waals surface area contributed by atoms with Crippen molar-refractivity contribution in [2.24, 2.45) is 0 Å².